The molecule has 4 rings (SSSR count). The maximum Gasteiger partial charge on any atom is 0.254 e. The minimum atomic E-state index is 0.00878. The molecule has 0 spiro atoms. The first kappa shape index (κ1) is 15.0. The highest BCUT2D eigenvalue weighted by atomic mass is 79.9. The number of H-pyrrole nitrogens is 1. The first-order valence-electron chi connectivity index (χ1n) is 7.75. The number of fused-ring (bicyclic) bond motifs is 3. The van der Waals surface area contributed by atoms with Crippen LogP contribution >= 0.6 is 15.9 Å². The van der Waals surface area contributed by atoms with Crippen LogP contribution in [0.5, 0.6) is 0 Å². The van der Waals surface area contributed by atoms with Gasteiger partial charge in [-0.15, -0.1) is 0 Å². The molecular formula is C19H14BrN3O. The third kappa shape index (κ3) is 2.40. The minimum absolute atomic E-state index is 0.00878. The lowest BCUT2D eigenvalue weighted by Crippen LogP contribution is -2.35. The van der Waals surface area contributed by atoms with E-state index in [9.17, 15) is 4.79 Å². The Hall–Kier alpha value is -2.58. The maximum atomic E-state index is 12.8. The summed E-state index contributed by atoms with van der Waals surface area (Å²) in [6.45, 7) is 1.29. The summed E-state index contributed by atoms with van der Waals surface area (Å²) in [5, 5.41) is 10.0. The number of carbonyl (C=O) groups excluding carboxylic acids is 1. The zero-order chi connectivity index (χ0) is 16.7. The Labute approximate surface area is 147 Å². The van der Waals surface area contributed by atoms with Crippen molar-refractivity contribution in [3.8, 4) is 6.07 Å². The summed E-state index contributed by atoms with van der Waals surface area (Å²) in [4.78, 5) is 18.1. The Morgan fingerprint density at radius 2 is 2.00 bits per heavy atom. The molecule has 24 heavy (non-hydrogen) atoms. The van der Waals surface area contributed by atoms with Gasteiger partial charge in [-0.2, -0.15) is 5.26 Å². The van der Waals surface area contributed by atoms with Gasteiger partial charge in [-0.1, -0.05) is 12.1 Å². The van der Waals surface area contributed by atoms with Crippen molar-refractivity contribution in [3.05, 3.63) is 69.3 Å². The Balaban J connectivity index is 1.66. The molecule has 2 heterocycles. The monoisotopic (exact) mass is 379 g/mol. The third-order valence-electron chi connectivity index (χ3n) is 4.51. The number of amides is 1. The maximum absolute atomic E-state index is 12.8. The summed E-state index contributed by atoms with van der Waals surface area (Å²) in [5.41, 5.74) is 4.68. The summed E-state index contributed by atoms with van der Waals surface area (Å²) < 4.78 is 1.04. The molecule has 2 aromatic carbocycles. The minimum Gasteiger partial charge on any atom is -0.357 e. The van der Waals surface area contributed by atoms with Gasteiger partial charge in [0.1, 0.15) is 0 Å². The Bertz CT molecular complexity index is 982. The Morgan fingerprint density at radius 3 is 2.75 bits per heavy atom. The van der Waals surface area contributed by atoms with Crippen molar-refractivity contribution in [1.82, 2.24) is 9.88 Å². The molecule has 1 aliphatic rings. The van der Waals surface area contributed by atoms with Gasteiger partial charge < -0.3 is 9.88 Å². The van der Waals surface area contributed by atoms with Crippen LogP contribution in [-0.2, 0) is 13.0 Å². The molecule has 118 valence electrons. The molecule has 0 bridgehead atoms. The lowest BCUT2D eigenvalue weighted by atomic mass is 10.0. The molecule has 0 saturated carbocycles. The van der Waals surface area contributed by atoms with E-state index in [4.69, 9.17) is 5.26 Å². The summed E-state index contributed by atoms with van der Waals surface area (Å²) in [5.74, 6) is 0.00878. The molecule has 1 aromatic heterocycles. The quantitative estimate of drug-likeness (QED) is 0.694. The van der Waals surface area contributed by atoms with Crippen molar-refractivity contribution < 1.29 is 4.79 Å². The molecule has 1 N–H and O–H groups in total. The second kappa shape index (κ2) is 5.81. The molecule has 0 saturated heterocycles. The van der Waals surface area contributed by atoms with Crippen molar-refractivity contribution in [2.24, 2.45) is 0 Å². The van der Waals surface area contributed by atoms with Gasteiger partial charge in [0.2, 0.25) is 0 Å². The first-order valence-corrected chi connectivity index (χ1v) is 8.54. The normalized spacial score (nSPS) is 13.6. The number of halogens is 1. The SMILES string of the molecule is N#Cc1ccc(C(=O)N2CCc3[nH]c4c(Br)cccc4c3C2)cc1. The standard InChI is InChI=1S/C19H14BrN3O/c20-16-3-1-2-14-15-11-23(9-8-17(15)22-18(14)16)19(24)13-6-4-12(10-21)5-7-13/h1-7,22H,8-9,11H2. The topological polar surface area (TPSA) is 59.9 Å². The van der Waals surface area contributed by atoms with Gasteiger partial charge >= 0.3 is 0 Å². The molecular weight excluding hydrogens is 366 g/mol. The molecule has 0 atom stereocenters. The molecule has 0 radical (unpaired) electrons. The molecule has 0 fully saturated rings. The molecule has 5 heteroatoms. The average molecular weight is 380 g/mol. The van der Waals surface area contributed by atoms with Gasteiger partial charge in [-0.05, 0) is 46.3 Å². The zero-order valence-electron chi connectivity index (χ0n) is 12.8. The largest absolute Gasteiger partial charge is 0.357 e. The number of aromatic nitrogens is 1. The van der Waals surface area contributed by atoms with Crippen LogP contribution in [0.4, 0.5) is 0 Å². The number of nitrogens with zero attached hydrogens (tertiary/aromatic N) is 2. The van der Waals surface area contributed by atoms with Gasteiger partial charge in [-0.25, -0.2) is 0 Å². The van der Waals surface area contributed by atoms with Crippen molar-refractivity contribution in [2.75, 3.05) is 6.54 Å². The van der Waals surface area contributed by atoms with E-state index in [1.807, 2.05) is 17.0 Å². The van der Waals surface area contributed by atoms with Crippen LogP contribution in [0, 0.1) is 11.3 Å². The van der Waals surface area contributed by atoms with E-state index in [0.717, 1.165) is 21.8 Å². The highest BCUT2D eigenvalue weighted by Crippen LogP contribution is 2.32. The van der Waals surface area contributed by atoms with Crippen LogP contribution in [0.3, 0.4) is 0 Å². The van der Waals surface area contributed by atoms with Crippen LogP contribution in [0.25, 0.3) is 10.9 Å². The number of rotatable bonds is 1. The van der Waals surface area contributed by atoms with Crippen LogP contribution in [-0.4, -0.2) is 22.3 Å². The fourth-order valence-electron chi connectivity index (χ4n) is 3.25. The Morgan fingerprint density at radius 1 is 1.21 bits per heavy atom. The van der Waals surface area contributed by atoms with Crippen molar-refractivity contribution in [2.45, 2.75) is 13.0 Å². The molecule has 1 amide bonds. The predicted octanol–water partition coefficient (Wildman–Crippen LogP) is 4.00. The molecule has 4 nitrogen and oxygen atoms in total. The van der Waals surface area contributed by atoms with Gasteiger partial charge in [0.15, 0.2) is 0 Å². The number of benzene rings is 2. The van der Waals surface area contributed by atoms with Crippen molar-refractivity contribution in [3.63, 3.8) is 0 Å². The third-order valence-corrected chi connectivity index (χ3v) is 5.17. The van der Waals surface area contributed by atoms with Crippen LogP contribution < -0.4 is 0 Å². The molecule has 0 unspecified atom stereocenters. The average Bonchev–Trinajstić information content (AvgIpc) is 3.00. The van der Waals surface area contributed by atoms with Crippen LogP contribution in [0.1, 0.15) is 27.2 Å². The van der Waals surface area contributed by atoms with Gasteiger partial charge in [0, 0.05) is 46.2 Å². The second-order valence-corrected chi connectivity index (χ2v) is 6.76. The number of nitrogens with one attached hydrogen (secondary N) is 1. The van der Waals surface area contributed by atoms with Gasteiger partial charge in [0.25, 0.3) is 5.91 Å². The second-order valence-electron chi connectivity index (χ2n) is 5.91. The zero-order valence-corrected chi connectivity index (χ0v) is 14.4. The van der Waals surface area contributed by atoms with E-state index in [0.29, 0.717) is 24.2 Å². The van der Waals surface area contributed by atoms with E-state index < -0.39 is 0 Å². The molecule has 0 aliphatic carbocycles. The number of carbonyl (C=O) groups is 1. The number of para-hydroxylation sites is 1. The molecule has 3 aromatic rings. The van der Waals surface area contributed by atoms with Gasteiger partial charge in [-0.3, -0.25) is 4.79 Å². The van der Waals surface area contributed by atoms with Crippen LogP contribution in [0.2, 0.25) is 0 Å². The summed E-state index contributed by atoms with van der Waals surface area (Å²) in [7, 11) is 0. The highest BCUT2D eigenvalue weighted by Gasteiger charge is 2.25. The summed E-state index contributed by atoms with van der Waals surface area (Å²) in [6.07, 6.45) is 0.818. The van der Waals surface area contributed by atoms with E-state index in [-0.39, 0.29) is 5.91 Å². The van der Waals surface area contributed by atoms with E-state index >= 15 is 0 Å². The fraction of sp³-hybridized carbons (Fsp3) is 0.158. The number of hydrogen-bond donors (Lipinski definition) is 1. The molecule has 1 aliphatic heterocycles. The Kier molecular flexibility index (Phi) is 3.62. The highest BCUT2D eigenvalue weighted by molar-refractivity contribution is 9.10. The van der Waals surface area contributed by atoms with E-state index in [1.165, 1.54) is 11.3 Å². The number of hydrogen-bond acceptors (Lipinski definition) is 2. The van der Waals surface area contributed by atoms with Crippen LogP contribution in [0.15, 0.2) is 46.9 Å². The smallest absolute Gasteiger partial charge is 0.254 e. The fourth-order valence-corrected chi connectivity index (χ4v) is 3.71. The number of nitriles is 1. The lowest BCUT2D eigenvalue weighted by Gasteiger charge is -2.27. The predicted molar refractivity (Wildman–Crippen MR) is 95.6 cm³/mol. The van der Waals surface area contributed by atoms with Gasteiger partial charge in [0.05, 0.1) is 17.1 Å². The lowest BCUT2D eigenvalue weighted by molar-refractivity contribution is 0.0735. The van der Waals surface area contributed by atoms with E-state index in [2.05, 4.69) is 33.0 Å². The number of aromatic amines is 1. The van der Waals surface area contributed by atoms with E-state index in [1.54, 1.807) is 24.3 Å². The van der Waals surface area contributed by atoms with Crippen molar-refractivity contribution >= 4 is 32.7 Å². The first-order chi connectivity index (χ1) is 11.7. The summed E-state index contributed by atoms with van der Waals surface area (Å²) in [6, 6.07) is 15.0. The summed E-state index contributed by atoms with van der Waals surface area (Å²) >= 11 is 3.58. The van der Waals surface area contributed by atoms with Crippen molar-refractivity contribution in [1.29, 1.82) is 5.26 Å².